The van der Waals surface area contributed by atoms with Crippen LogP contribution in [-0.2, 0) is 19.1 Å². The number of fused-ring (bicyclic) bond motifs is 1. The number of carbonyl (C=O) groups is 3. The number of likely N-dealkylation sites (tertiary alicyclic amines) is 1. The topological polar surface area (TPSA) is 95.9 Å². The summed E-state index contributed by atoms with van der Waals surface area (Å²) >= 11 is 7.89. The number of hydrogen-bond acceptors (Lipinski definition) is 6. The fourth-order valence-corrected chi connectivity index (χ4v) is 8.74. The summed E-state index contributed by atoms with van der Waals surface area (Å²) in [6, 6.07) is 5.62. The van der Waals surface area contributed by atoms with Gasteiger partial charge in [-0.3, -0.25) is 14.4 Å². The molecule has 0 aliphatic carbocycles. The maximum Gasteiger partial charge on any atom is 0.311 e. The van der Waals surface area contributed by atoms with Crippen LogP contribution >= 0.6 is 23.4 Å². The smallest absolute Gasteiger partial charge is 0.311 e. The average Bonchev–Trinajstić information content (AvgIpc) is 3.34. The maximum atomic E-state index is 14.0. The van der Waals surface area contributed by atoms with Crippen molar-refractivity contribution in [2.75, 3.05) is 18.5 Å². The summed E-state index contributed by atoms with van der Waals surface area (Å²) in [5, 5.41) is 13.6. The van der Waals surface area contributed by atoms with Gasteiger partial charge in [-0.1, -0.05) is 37.6 Å². The molecule has 0 radical (unpaired) electrons. The van der Waals surface area contributed by atoms with E-state index in [0.29, 0.717) is 30.0 Å². The van der Waals surface area contributed by atoms with Crippen LogP contribution in [0.15, 0.2) is 24.3 Å². The second kappa shape index (κ2) is 9.36. The number of hydrogen-bond donors (Lipinski definition) is 2. The molecule has 186 valence electrons. The molecular weight excluding hydrogens is 476 g/mol. The van der Waals surface area contributed by atoms with E-state index in [1.54, 1.807) is 47.9 Å². The molecule has 0 aromatic heterocycles. The van der Waals surface area contributed by atoms with Crippen LogP contribution in [0.2, 0.25) is 5.02 Å². The van der Waals surface area contributed by atoms with Crippen LogP contribution in [0.25, 0.3) is 0 Å². The SMILES string of the molecule is CCOC(=O)[C@@H]1[C@H]2C(=O)N([C@@H](CO)CC(C)C)C(C(=O)Nc3ccccc3Cl)C23CC[C@@]1(C)S3. The first-order valence-corrected chi connectivity index (χ1v) is 13.1. The number of benzene rings is 1. The molecule has 34 heavy (non-hydrogen) atoms. The van der Waals surface area contributed by atoms with E-state index in [9.17, 15) is 19.5 Å². The number of aliphatic hydroxyl groups is 1. The number of nitrogens with one attached hydrogen (secondary N) is 1. The van der Waals surface area contributed by atoms with Gasteiger partial charge in [0.1, 0.15) is 6.04 Å². The number of aliphatic hydroxyl groups excluding tert-OH is 1. The van der Waals surface area contributed by atoms with Crippen molar-refractivity contribution < 1.29 is 24.2 Å². The molecular formula is C25H33ClN2O5S. The summed E-state index contributed by atoms with van der Waals surface area (Å²) in [6.45, 7) is 7.77. The minimum Gasteiger partial charge on any atom is -0.466 e. The highest BCUT2D eigenvalue weighted by molar-refractivity contribution is 8.02. The van der Waals surface area contributed by atoms with Crippen molar-refractivity contribution >= 4 is 46.8 Å². The predicted molar refractivity (Wildman–Crippen MR) is 133 cm³/mol. The van der Waals surface area contributed by atoms with Crippen molar-refractivity contribution in [1.82, 2.24) is 4.90 Å². The predicted octanol–water partition coefficient (Wildman–Crippen LogP) is 3.73. The normalized spacial score (nSPS) is 32.7. The van der Waals surface area contributed by atoms with Gasteiger partial charge >= 0.3 is 5.97 Å². The van der Waals surface area contributed by atoms with Gasteiger partial charge in [0.05, 0.1) is 46.5 Å². The molecule has 1 aromatic rings. The van der Waals surface area contributed by atoms with Crippen molar-refractivity contribution in [3.63, 3.8) is 0 Å². The van der Waals surface area contributed by atoms with Gasteiger partial charge in [0, 0.05) is 4.75 Å². The summed E-state index contributed by atoms with van der Waals surface area (Å²) in [4.78, 5) is 42.6. The molecule has 1 aromatic carbocycles. The summed E-state index contributed by atoms with van der Waals surface area (Å²) in [5.41, 5.74) is 0.469. The third-order valence-electron chi connectivity index (χ3n) is 7.48. The van der Waals surface area contributed by atoms with Gasteiger partial charge in [-0.05, 0) is 51.2 Å². The molecule has 3 aliphatic rings. The van der Waals surface area contributed by atoms with Gasteiger partial charge < -0.3 is 20.1 Å². The van der Waals surface area contributed by atoms with Gasteiger partial charge in [-0.15, -0.1) is 11.8 Å². The fourth-order valence-electron chi connectivity index (χ4n) is 6.23. The minimum atomic E-state index is -0.830. The lowest BCUT2D eigenvalue weighted by Gasteiger charge is -2.37. The number of anilines is 1. The first-order valence-electron chi connectivity index (χ1n) is 11.9. The monoisotopic (exact) mass is 508 g/mol. The van der Waals surface area contributed by atoms with Crippen LogP contribution in [0.4, 0.5) is 5.69 Å². The van der Waals surface area contributed by atoms with Crippen LogP contribution in [0, 0.1) is 17.8 Å². The summed E-state index contributed by atoms with van der Waals surface area (Å²) < 4.78 is 4.16. The van der Waals surface area contributed by atoms with E-state index < -0.39 is 33.4 Å². The molecule has 2 bridgehead atoms. The van der Waals surface area contributed by atoms with Gasteiger partial charge in [-0.25, -0.2) is 0 Å². The van der Waals surface area contributed by atoms with E-state index in [-0.39, 0.29) is 36.9 Å². The summed E-state index contributed by atoms with van der Waals surface area (Å²) in [7, 11) is 0. The molecule has 3 aliphatic heterocycles. The Hall–Kier alpha value is -1.77. The fraction of sp³-hybridized carbons (Fsp3) is 0.640. The number of carbonyl (C=O) groups excluding carboxylic acids is 3. The van der Waals surface area contributed by atoms with Crippen molar-refractivity contribution in [3.8, 4) is 0 Å². The number of esters is 1. The van der Waals surface area contributed by atoms with E-state index >= 15 is 0 Å². The molecule has 3 saturated heterocycles. The lowest BCUT2D eigenvalue weighted by atomic mass is 9.66. The van der Waals surface area contributed by atoms with E-state index in [0.717, 1.165) is 0 Å². The number of rotatable bonds is 8. The number of thioether (sulfide) groups is 1. The van der Waals surface area contributed by atoms with Gasteiger partial charge in [0.25, 0.3) is 0 Å². The van der Waals surface area contributed by atoms with Gasteiger partial charge in [0.2, 0.25) is 11.8 Å². The summed E-state index contributed by atoms with van der Waals surface area (Å²) in [5.74, 6) is -2.05. The standard InChI is InChI=1S/C25H33ClN2O5S/c1-5-33-23(32)19-18-22(31)28(15(13-29)12-14(2)3)20(25(18)11-10-24(19,4)34-25)21(30)27-17-9-7-6-8-16(17)26/h6-9,14-15,18-20,29H,5,10-13H2,1-4H3,(H,27,30)/t15-,18+,19+,20?,24-,25?/m1/s1. The highest BCUT2D eigenvalue weighted by Crippen LogP contribution is 2.71. The molecule has 9 heteroatoms. The average molecular weight is 509 g/mol. The largest absolute Gasteiger partial charge is 0.466 e. The second-order valence-electron chi connectivity index (χ2n) is 10.2. The lowest BCUT2D eigenvalue weighted by molar-refractivity contribution is -0.155. The number of halogens is 1. The Morgan fingerprint density at radius 3 is 2.65 bits per heavy atom. The Balaban J connectivity index is 1.79. The Kier molecular flexibility index (Phi) is 6.97. The molecule has 1 spiro atoms. The van der Waals surface area contributed by atoms with Crippen LogP contribution in [0.3, 0.4) is 0 Å². The zero-order valence-electron chi connectivity index (χ0n) is 20.0. The molecule has 2 amide bonds. The Morgan fingerprint density at radius 1 is 1.32 bits per heavy atom. The zero-order chi connectivity index (χ0) is 24.8. The molecule has 3 fully saturated rings. The van der Waals surface area contributed by atoms with E-state index in [2.05, 4.69) is 5.32 Å². The Labute approximate surface area is 209 Å². The van der Waals surface area contributed by atoms with Crippen LogP contribution in [-0.4, -0.2) is 62.6 Å². The Morgan fingerprint density at radius 2 is 2.03 bits per heavy atom. The van der Waals surface area contributed by atoms with Crippen molar-refractivity contribution in [2.24, 2.45) is 17.8 Å². The van der Waals surface area contributed by atoms with E-state index in [1.807, 2.05) is 20.8 Å². The maximum absolute atomic E-state index is 14.0. The van der Waals surface area contributed by atoms with Gasteiger partial charge in [0.15, 0.2) is 0 Å². The first kappa shape index (κ1) is 25.3. The van der Waals surface area contributed by atoms with Crippen molar-refractivity contribution in [1.29, 1.82) is 0 Å². The molecule has 3 heterocycles. The zero-order valence-corrected chi connectivity index (χ0v) is 21.6. The number of nitrogens with zero attached hydrogens (tertiary/aromatic N) is 1. The van der Waals surface area contributed by atoms with Crippen molar-refractivity contribution in [3.05, 3.63) is 29.3 Å². The number of ether oxygens (including phenoxy) is 1. The highest BCUT2D eigenvalue weighted by Gasteiger charge is 2.78. The molecule has 6 atom stereocenters. The third-order valence-corrected chi connectivity index (χ3v) is 9.80. The lowest BCUT2D eigenvalue weighted by Crippen LogP contribution is -2.55. The quantitative estimate of drug-likeness (QED) is 0.519. The van der Waals surface area contributed by atoms with Crippen LogP contribution < -0.4 is 5.32 Å². The molecule has 2 unspecified atom stereocenters. The van der Waals surface area contributed by atoms with E-state index in [1.165, 1.54) is 0 Å². The molecule has 4 rings (SSSR count). The number of amides is 2. The second-order valence-corrected chi connectivity index (χ2v) is 12.5. The van der Waals surface area contributed by atoms with Crippen LogP contribution in [0.5, 0.6) is 0 Å². The molecule has 2 N–H and O–H groups in total. The molecule has 7 nitrogen and oxygen atoms in total. The molecule has 0 saturated carbocycles. The Bertz CT molecular complexity index is 990. The number of para-hydroxylation sites is 1. The summed E-state index contributed by atoms with van der Waals surface area (Å²) in [6.07, 6.45) is 1.90. The van der Waals surface area contributed by atoms with E-state index in [4.69, 9.17) is 16.3 Å². The van der Waals surface area contributed by atoms with Crippen LogP contribution in [0.1, 0.15) is 47.0 Å². The first-order chi connectivity index (χ1) is 16.1. The highest BCUT2D eigenvalue weighted by atomic mass is 35.5. The third kappa shape index (κ3) is 3.91. The minimum absolute atomic E-state index is 0.206. The van der Waals surface area contributed by atoms with Gasteiger partial charge in [-0.2, -0.15) is 0 Å². The van der Waals surface area contributed by atoms with Crippen molar-refractivity contribution in [2.45, 2.75) is 68.5 Å².